The molecule has 130 valence electrons. The zero-order valence-electron chi connectivity index (χ0n) is 15.0. The Morgan fingerprint density at radius 3 is 2.76 bits per heavy atom. The second-order valence-corrected chi connectivity index (χ2v) is 7.34. The zero-order valence-corrected chi connectivity index (χ0v) is 15.0. The topological polar surface area (TPSA) is 50.4 Å². The van der Waals surface area contributed by atoms with Crippen LogP contribution in [0.2, 0.25) is 0 Å². The Labute approximate surface area is 148 Å². The molecule has 3 heteroatoms. The van der Waals surface area contributed by atoms with E-state index in [1.807, 2.05) is 18.2 Å². The SMILES string of the molecule is CC1=C(/C=C/c2cccc3oc(/C=C/C(=O)O)cc23)C(C)(C)CCC1. The van der Waals surface area contributed by atoms with Crippen molar-refractivity contribution in [3.05, 3.63) is 58.9 Å². The molecule has 25 heavy (non-hydrogen) atoms. The van der Waals surface area contributed by atoms with Gasteiger partial charge < -0.3 is 9.52 Å². The molecule has 0 spiro atoms. The predicted molar refractivity (Wildman–Crippen MR) is 102 cm³/mol. The van der Waals surface area contributed by atoms with E-state index in [-0.39, 0.29) is 5.41 Å². The second-order valence-electron chi connectivity index (χ2n) is 7.34. The fraction of sp³-hybridized carbons (Fsp3) is 0.318. The highest BCUT2D eigenvalue weighted by Crippen LogP contribution is 2.41. The number of carbonyl (C=O) groups is 1. The lowest BCUT2D eigenvalue weighted by molar-refractivity contribution is -0.131. The Morgan fingerprint density at radius 1 is 1.24 bits per heavy atom. The number of carboxylic acids is 1. The van der Waals surface area contributed by atoms with Crippen LogP contribution in [-0.2, 0) is 4.79 Å². The molecule has 0 unspecified atom stereocenters. The van der Waals surface area contributed by atoms with Crippen LogP contribution in [0.1, 0.15) is 51.4 Å². The number of benzene rings is 1. The molecule has 1 aliphatic rings. The van der Waals surface area contributed by atoms with Crippen LogP contribution in [0.25, 0.3) is 23.1 Å². The van der Waals surface area contributed by atoms with E-state index >= 15 is 0 Å². The van der Waals surface area contributed by atoms with Crippen molar-refractivity contribution in [1.29, 1.82) is 0 Å². The molecule has 0 saturated heterocycles. The normalized spacial score (nSPS) is 17.9. The van der Waals surface area contributed by atoms with Crippen LogP contribution >= 0.6 is 0 Å². The van der Waals surface area contributed by atoms with Gasteiger partial charge in [-0.2, -0.15) is 0 Å². The highest BCUT2D eigenvalue weighted by molar-refractivity contribution is 5.90. The lowest BCUT2D eigenvalue weighted by atomic mass is 9.72. The van der Waals surface area contributed by atoms with Gasteiger partial charge in [-0.1, -0.05) is 43.7 Å². The van der Waals surface area contributed by atoms with E-state index < -0.39 is 5.97 Å². The van der Waals surface area contributed by atoms with E-state index in [1.165, 1.54) is 36.5 Å². The summed E-state index contributed by atoms with van der Waals surface area (Å²) in [5, 5.41) is 9.76. The molecule has 0 aliphatic heterocycles. The molecule has 0 bridgehead atoms. The van der Waals surface area contributed by atoms with E-state index in [4.69, 9.17) is 9.52 Å². The smallest absolute Gasteiger partial charge is 0.328 e. The number of aliphatic carboxylic acids is 1. The van der Waals surface area contributed by atoms with Crippen LogP contribution in [-0.4, -0.2) is 11.1 Å². The first kappa shape index (κ1) is 17.3. The Bertz CT molecular complexity index is 891. The number of carboxylic acid groups (broad SMARTS) is 1. The molecular formula is C22H24O3. The molecule has 0 fully saturated rings. The molecule has 1 aliphatic carbocycles. The fourth-order valence-electron chi connectivity index (χ4n) is 3.67. The van der Waals surface area contributed by atoms with Crippen LogP contribution in [0.3, 0.4) is 0 Å². The highest BCUT2D eigenvalue weighted by atomic mass is 16.4. The second kappa shape index (κ2) is 6.75. The van der Waals surface area contributed by atoms with Crippen LogP contribution < -0.4 is 0 Å². The minimum absolute atomic E-state index is 0.207. The molecule has 0 amide bonds. The zero-order chi connectivity index (χ0) is 18.0. The Hall–Kier alpha value is -2.55. The third-order valence-corrected chi connectivity index (χ3v) is 4.98. The van der Waals surface area contributed by atoms with Crippen LogP contribution in [0.4, 0.5) is 0 Å². The van der Waals surface area contributed by atoms with Gasteiger partial charge in [-0.3, -0.25) is 0 Å². The van der Waals surface area contributed by atoms with Crippen molar-refractivity contribution in [3.8, 4) is 0 Å². The molecule has 2 aromatic rings. The van der Waals surface area contributed by atoms with Gasteiger partial charge in [0.25, 0.3) is 0 Å². The molecule has 1 aromatic carbocycles. The van der Waals surface area contributed by atoms with Gasteiger partial charge in [0.2, 0.25) is 0 Å². The van der Waals surface area contributed by atoms with E-state index in [0.29, 0.717) is 5.76 Å². The highest BCUT2D eigenvalue weighted by Gasteiger charge is 2.26. The van der Waals surface area contributed by atoms with Crippen LogP contribution in [0.5, 0.6) is 0 Å². The standard InChI is InChI=1S/C22H24O3/c1-15-6-5-13-22(2,3)19(15)11-9-16-7-4-8-20-18(16)14-17(25-20)10-12-21(23)24/h4,7-12,14H,5-6,13H2,1-3H3,(H,23,24)/b11-9+,12-10+. The molecule has 1 aromatic heterocycles. The summed E-state index contributed by atoms with van der Waals surface area (Å²) in [6.45, 7) is 6.85. The maximum absolute atomic E-state index is 10.7. The first-order chi connectivity index (χ1) is 11.9. The van der Waals surface area contributed by atoms with Gasteiger partial charge in [0.05, 0.1) is 0 Å². The number of furan rings is 1. The average Bonchev–Trinajstić information content (AvgIpc) is 2.95. The van der Waals surface area contributed by atoms with Gasteiger partial charge in [0.1, 0.15) is 11.3 Å². The van der Waals surface area contributed by atoms with Gasteiger partial charge in [-0.25, -0.2) is 4.79 Å². The van der Waals surface area contributed by atoms with E-state index in [2.05, 4.69) is 39.0 Å². The number of allylic oxidation sites excluding steroid dienone is 3. The minimum atomic E-state index is -0.984. The molecule has 1 heterocycles. The Balaban J connectivity index is 1.97. The molecule has 3 nitrogen and oxygen atoms in total. The first-order valence-electron chi connectivity index (χ1n) is 8.69. The summed E-state index contributed by atoms with van der Waals surface area (Å²) in [7, 11) is 0. The number of hydrogen-bond acceptors (Lipinski definition) is 2. The molecule has 0 saturated carbocycles. The van der Waals surface area contributed by atoms with Gasteiger partial charge in [-0.15, -0.1) is 0 Å². The van der Waals surface area contributed by atoms with Crippen molar-refractivity contribution < 1.29 is 14.3 Å². The van der Waals surface area contributed by atoms with Gasteiger partial charge in [0.15, 0.2) is 0 Å². The van der Waals surface area contributed by atoms with Crippen molar-refractivity contribution in [2.24, 2.45) is 5.41 Å². The van der Waals surface area contributed by atoms with Crippen molar-refractivity contribution in [2.45, 2.75) is 40.0 Å². The summed E-state index contributed by atoms with van der Waals surface area (Å²) in [6.07, 6.45) is 10.6. The van der Waals surface area contributed by atoms with Gasteiger partial charge in [-0.05, 0) is 60.9 Å². The van der Waals surface area contributed by atoms with E-state index in [0.717, 1.165) is 22.6 Å². The molecule has 3 rings (SSSR count). The van der Waals surface area contributed by atoms with Crippen molar-refractivity contribution in [3.63, 3.8) is 0 Å². The molecular weight excluding hydrogens is 312 g/mol. The Kier molecular flexibility index (Phi) is 4.67. The predicted octanol–water partition coefficient (Wildman–Crippen LogP) is 6.07. The summed E-state index contributed by atoms with van der Waals surface area (Å²) in [6, 6.07) is 7.82. The molecule has 1 N–H and O–H groups in total. The van der Waals surface area contributed by atoms with Crippen LogP contribution in [0.15, 0.2) is 52.0 Å². The number of fused-ring (bicyclic) bond motifs is 1. The number of hydrogen-bond donors (Lipinski definition) is 1. The van der Waals surface area contributed by atoms with Gasteiger partial charge >= 0.3 is 5.97 Å². The van der Waals surface area contributed by atoms with Crippen LogP contribution in [0, 0.1) is 5.41 Å². The van der Waals surface area contributed by atoms with Crippen molar-refractivity contribution in [1.82, 2.24) is 0 Å². The summed E-state index contributed by atoms with van der Waals surface area (Å²) in [5.41, 5.74) is 4.94. The quantitative estimate of drug-likeness (QED) is 0.689. The fourth-order valence-corrected chi connectivity index (χ4v) is 3.67. The largest absolute Gasteiger partial charge is 0.478 e. The average molecular weight is 336 g/mol. The maximum atomic E-state index is 10.7. The third-order valence-electron chi connectivity index (χ3n) is 4.98. The first-order valence-corrected chi connectivity index (χ1v) is 8.69. The monoisotopic (exact) mass is 336 g/mol. The summed E-state index contributed by atoms with van der Waals surface area (Å²) in [5.74, 6) is -0.436. The van der Waals surface area contributed by atoms with Crippen molar-refractivity contribution >= 4 is 29.1 Å². The lowest BCUT2D eigenvalue weighted by Crippen LogP contribution is -2.18. The minimum Gasteiger partial charge on any atom is -0.478 e. The summed E-state index contributed by atoms with van der Waals surface area (Å²) < 4.78 is 5.72. The van der Waals surface area contributed by atoms with E-state index in [9.17, 15) is 4.79 Å². The third kappa shape index (κ3) is 3.76. The van der Waals surface area contributed by atoms with Gasteiger partial charge in [0, 0.05) is 11.5 Å². The maximum Gasteiger partial charge on any atom is 0.328 e. The number of rotatable bonds is 4. The Morgan fingerprint density at radius 2 is 2.04 bits per heavy atom. The molecule has 0 radical (unpaired) electrons. The van der Waals surface area contributed by atoms with Crippen molar-refractivity contribution in [2.75, 3.05) is 0 Å². The molecule has 0 atom stereocenters. The lowest BCUT2D eigenvalue weighted by Gasteiger charge is -2.32. The summed E-state index contributed by atoms with van der Waals surface area (Å²) in [4.78, 5) is 10.7. The van der Waals surface area contributed by atoms with E-state index in [1.54, 1.807) is 0 Å². The summed E-state index contributed by atoms with van der Waals surface area (Å²) >= 11 is 0.